The maximum Gasteiger partial charge on any atom is 0.193 e. The molecule has 0 radical (unpaired) electrons. The molecule has 2 aromatic rings. The Labute approximate surface area is 182 Å². The molecule has 0 aliphatic heterocycles. The van der Waals surface area contributed by atoms with Crippen molar-refractivity contribution in [3.05, 3.63) is 71.3 Å². The standard InChI is InChI=1S/C27H38OS/c1-2-3-4-5-6-7-8-9-10-16-22-29-23-21-24-17-14-15-20-26(24)27(28)25-18-12-11-13-19-25/h11-15,17-20H,2-10,16,21-23H2,1H3. The molecule has 0 unspecified atom stereocenters. The lowest BCUT2D eigenvalue weighted by Crippen LogP contribution is -2.06. The van der Waals surface area contributed by atoms with Gasteiger partial charge in [0.1, 0.15) is 0 Å². The van der Waals surface area contributed by atoms with Crippen molar-refractivity contribution in [3.8, 4) is 0 Å². The highest BCUT2D eigenvalue weighted by molar-refractivity contribution is 7.99. The number of benzene rings is 2. The number of aryl methyl sites for hydroxylation is 1. The molecule has 2 rings (SSSR count). The third kappa shape index (κ3) is 9.67. The van der Waals surface area contributed by atoms with E-state index in [4.69, 9.17) is 0 Å². The van der Waals surface area contributed by atoms with Gasteiger partial charge in [0.15, 0.2) is 5.78 Å². The average Bonchev–Trinajstić information content (AvgIpc) is 2.77. The van der Waals surface area contributed by atoms with Crippen LogP contribution in [0.4, 0.5) is 0 Å². The van der Waals surface area contributed by atoms with Crippen molar-refractivity contribution in [2.45, 2.75) is 77.6 Å². The molecule has 0 bridgehead atoms. The predicted octanol–water partition coefficient (Wildman–Crippen LogP) is 8.11. The Balaban J connectivity index is 1.58. The van der Waals surface area contributed by atoms with Crippen molar-refractivity contribution in [2.24, 2.45) is 0 Å². The van der Waals surface area contributed by atoms with Crippen LogP contribution in [0.2, 0.25) is 0 Å². The van der Waals surface area contributed by atoms with E-state index >= 15 is 0 Å². The van der Waals surface area contributed by atoms with Gasteiger partial charge >= 0.3 is 0 Å². The molecule has 0 aliphatic rings. The topological polar surface area (TPSA) is 17.1 Å². The Hall–Kier alpha value is -1.54. The van der Waals surface area contributed by atoms with Gasteiger partial charge in [0.2, 0.25) is 0 Å². The summed E-state index contributed by atoms with van der Waals surface area (Å²) >= 11 is 2.03. The van der Waals surface area contributed by atoms with E-state index in [0.717, 1.165) is 23.3 Å². The van der Waals surface area contributed by atoms with E-state index in [0.29, 0.717) is 0 Å². The number of carbonyl (C=O) groups excluding carboxylic acids is 1. The van der Waals surface area contributed by atoms with Gasteiger partial charge in [0, 0.05) is 11.1 Å². The van der Waals surface area contributed by atoms with Crippen LogP contribution in [0.1, 0.15) is 92.6 Å². The van der Waals surface area contributed by atoms with Crippen molar-refractivity contribution in [1.29, 1.82) is 0 Å². The molecule has 0 heterocycles. The van der Waals surface area contributed by atoms with Gasteiger partial charge in [0.05, 0.1) is 0 Å². The van der Waals surface area contributed by atoms with E-state index in [1.165, 1.54) is 75.5 Å². The minimum absolute atomic E-state index is 0.140. The van der Waals surface area contributed by atoms with Gasteiger partial charge < -0.3 is 0 Å². The van der Waals surface area contributed by atoms with Gasteiger partial charge in [-0.25, -0.2) is 0 Å². The summed E-state index contributed by atoms with van der Waals surface area (Å²) in [7, 11) is 0. The average molecular weight is 411 g/mol. The van der Waals surface area contributed by atoms with E-state index in [1.54, 1.807) is 0 Å². The number of unbranched alkanes of at least 4 members (excludes halogenated alkanes) is 9. The lowest BCUT2D eigenvalue weighted by atomic mass is 9.97. The first-order valence-electron chi connectivity index (χ1n) is 11.6. The summed E-state index contributed by atoms with van der Waals surface area (Å²) in [6.07, 6.45) is 14.9. The predicted molar refractivity (Wildman–Crippen MR) is 129 cm³/mol. The normalized spacial score (nSPS) is 10.9. The van der Waals surface area contributed by atoms with Crippen molar-refractivity contribution >= 4 is 17.5 Å². The maximum absolute atomic E-state index is 12.8. The molecule has 0 saturated heterocycles. The number of ketones is 1. The second-order valence-electron chi connectivity index (χ2n) is 7.90. The van der Waals surface area contributed by atoms with E-state index in [1.807, 2.05) is 60.3 Å². The highest BCUT2D eigenvalue weighted by Crippen LogP contribution is 2.18. The minimum atomic E-state index is 0.140. The lowest BCUT2D eigenvalue weighted by Gasteiger charge is -2.09. The van der Waals surface area contributed by atoms with Crippen LogP contribution in [0.5, 0.6) is 0 Å². The van der Waals surface area contributed by atoms with Crippen molar-refractivity contribution in [1.82, 2.24) is 0 Å². The van der Waals surface area contributed by atoms with Crippen LogP contribution in [0.3, 0.4) is 0 Å². The largest absolute Gasteiger partial charge is 0.289 e. The Morgan fingerprint density at radius 3 is 1.97 bits per heavy atom. The lowest BCUT2D eigenvalue weighted by molar-refractivity contribution is 0.103. The summed E-state index contributed by atoms with van der Waals surface area (Å²) in [4.78, 5) is 12.8. The number of carbonyl (C=O) groups is 1. The molecule has 0 amide bonds. The van der Waals surface area contributed by atoms with E-state index in [9.17, 15) is 4.79 Å². The van der Waals surface area contributed by atoms with Crippen molar-refractivity contribution in [2.75, 3.05) is 11.5 Å². The Bertz CT molecular complexity index is 680. The molecule has 0 N–H and O–H groups in total. The van der Waals surface area contributed by atoms with Crippen LogP contribution < -0.4 is 0 Å². The minimum Gasteiger partial charge on any atom is -0.289 e. The number of hydrogen-bond acceptors (Lipinski definition) is 2. The maximum atomic E-state index is 12.8. The van der Waals surface area contributed by atoms with E-state index in [-0.39, 0.29) is 5.78 Å². The molecule has 158 valence electrons. The second kappa shape index (κ2) is 15.3. The molecule has 0 spiro atoms. The fourth-order valence-electron chi connectivity index (χ4n) is 3.68. The highest BCUT2D eigenvalue weighted by atomic mass is 32.2. The summed E-state index contributed by atoms with van der Waals surface area (Å²) in [5.41, 5.74) is 2.81. The zero-order valence-corrected chi connectivity index (χ0v) is 19.0. The fourth-order valence-corrected chi connectivity index (χ4v) is 4.66. The molecule has 0 fully saturated rings. The molecule has 29 heavy (non-hydrogen) atoms. The molecule has 0 saturated carbocycles. The van der Waals surface area contributed by atoms with Crippen LogP contribution in [0.15, 0.2) is 54.6 Å². The molecule has 0 aliphatic carbocycles. The van der Waals surface area contributed by atoms with E-state index in [2.05, 4.69) is 13.0 Å². The van der Waals surface area contributed by atoms with Gasteiger partial charge in [-0.15, -0.1) is 0 Å². The molecular weight excluding hydrogens is 372 g/mol. The third-order valence-corrected chi connectivity index (χ3v) is 6.53. The monoisotopic (exact) mass is 410 g/mol. The number of thioether (sulfide) groups is 1. The summed E-state index contributed by atoms with van der Waals surface area (Å²) < 4.78 is 0. The molecular formula is C27H38OS. The first-order chi connectivity index (χ1) is 14.3. The van der Waals surface area contributed by atoms with Gasteiger partial charge in [-0.1, -0.05) is 119 Å². The molecule has 2 heteroatoms. The van der Waals surface area contributed by atoms with E-state index < -0.39 is 0 Å². The first-order valence-corrected chi connectivity index (χ1v) is 12.7. The highest BCUT2D eigenvalue weighted by Gasteiger charge is 2.12. The molecule has 0 aromatic heterocycles. The van der Waals surface area contributed by atoms with Crippen LogP contribution in [0, 0.1) is 0 Å². The van der Waals surface area contributed by atoms with Gasteiger partial charge in [0.25, 0.3) is 0 Å². The van der Waals surface area contributed by atoms with Crippen LogP contribution in [-0.2, 0) is 6.42 Å². The smallest absolute Gasteiger partial charge is 0.193 e. The van der Waals surface area contributed by atoms with Crippen molar-refractivity contribution in [3.63, 3.8) is 0 Å². The molecule has 0 atom stereocenters. The third-order valence-electron chi connectivity index (χ3n) is 5.46. The van der Waals surface area contributed by atoms with Gasteiger partial charge in [-0.3, -0.25) is 4.79 Å². The Kier molecular flexibility index (Phi) is 12.5. The first kappa shape index (κ1) is 23.7. The quantitative estimate of drug-likeness (QED) is 0.205. The van der Waals surface area contributed by atoms with Crippen LogP contribution in [0.25, 0.3) is 0 Å². The summed E-state index contributed by atoms with van der Waals surface area (Å²) in [6.45, 7) is 2.28. The fraction of sp³-hybridized carbons (Fsp3) is 0.519. The Morgan fingerprint density at radius 1 is 0.690 bits per heavy atom. The number of hydrogen-bond donors (Lipinski definition) is 0. The summed E-state index contributed by atoms with van der Waals surface area (Å²) in [5, 5.41) is 0. The van der Waals surface area contributed by atoms with Crippen LogP contribution >= 0.6 is 11.8 Å². The number of rotatable bonds is 16. The zero-order chi connectivity index (χ0) is 20.6. The zero-order valence-electron chi connectivity index (χ0n) is 18.2. The SMILES string of the molecule is CCCCCCCCCCCCSCCc1ccccc1C(=O)c1ccccc1. The van der Waals surface area contributed by atoms with Gasteiger partial charge in [-0.05, 0) is 29.9 Å². The van der Waals surface area contributed by atoms with Crippen LogP contribution in [-0.4, -0.2) is 17.3 Å². The molecule has 1 nitrogen and oxygen atoms in total. The van der Waals surface area contributed by atoms with Gasteiger partial charge in [-0.2, -0.15) is 11.8 Å². The van der Waals surface area contributed by atoms with Crippen molar-refractivity contribution < 1.29 is 4.79 Å². The summed E-state index contributed by atoms with van der Waals surface area (Å²) in [6, 6.07) is 17.7. The Morgan fingerprint density at radius 2 is 1.28 bits per heavy atom. The second-order valence-corrected chi connectivity index (χ2v) is 9.12. The molecule has 2 aromatic carbocycles. The summed E-state index contributed by atoms with van der Waals surface area (Å²) in [5.74, 6) is 2.47.